The third kappa shape index (κ3) is 2.72. The van der Waals surface area contributed by atoms with Gasteiger partial charge < -0.3 is 0 Å². The third-order valence-corrected chi connectivity index (χ3v) is 2.89. The quantitative estimate of drug-likeness (QED) is 0.513. The minimum atomic E-state index is 0.945. The molecule has 0 heterocycles. The summed E-state index contributed by atoms with van der Waals surface area (Å²) in [7, 11) is 0. The molecule has 0 aromatic carbocycles. The van der Waals surface area contributed by atoms with E-state index < -0.39 is 0 Å². The lowest BCUT2D eigenvalue weighted by atomic mass is 9.81. The van der Waals surface area contributed by atoms with E-state index in [2.05, 4.69) is 19.1 Å². The second-order valence-electron chi connectivity index (χ2n) is 3.92. The monoisotopic (exact) mass is 178 g/mol. The van der Waals surface area contributed by atoms with Crippen LogP contribution < -0.4 is 0 Å². The maximum absolute atomic E-state index is 2.38. The molecule has 13 heavy (non-hydrogen) atoms. The molecular formula is C13H22. The van der Waals surface area contributed by atoms with Crippen LogP contribution in [0.5, 0.6) is 0 Å². The van der Waals surface area contributed by atoms with E-state index >= 15 is 0 Å². The Morgan fingerprint density at radius 1 is 1.23 bits per heavy atom. The minimum absolute atomic E-state index is 0.945. The lowest BCUT2D eigenvalue weighted by Crippen LogP contribution is -2.08. The fourth-order valence-electron chi connectivity index (χ4n) is 2.18. The topological polar surface area (TPSA) is 0 Å². The van der Waals surface area contributed by atoms with Crippen LogP contribution in [0.4, 0.5) is 0 Å². The molecule has 0 aromatic heterocycles. The molecule has 2 rings (SSSR count). The Hall–Kier alpha value is -0.520. The Morgan fingerprint density at radius 2 is 2.00 bits per heavy atom. The van der Waals surface area contributed by atoms with Gasteiger partial charge in [-0.1, -0.05) is 38.5 Å². The molecule has 0 bridgehead atoms. The maximum Gasteiger partial charge on any atom is -0.0277 e. The largest absolute Gasteiger partial charge is 0.0839 e. The first-order chi connectivity index (χ1) is 6.36. The van der Waals surface area contributed by atoms with Crippen molar-refractivity contribution in [1.82, 2.24) is 0 Å². The van der Waals surface area contributed by atoms with E-state index in [0.29, 0.717) is 0 Å². The molecule has 0 aliphatic heterocycles. The fraction of sp³-hybridized carbons (Fsp3) is 0.692. The highest BCUT2D eigenvalue weighted by Gasteiger charge is 2.17. The molecule has 0 saturated heterocycles. The summed E-state index contributed by atoms with van der Waals surface area (Å²) in [5.74, 6) is 0.945. The van der Waals surface area contributed by atoms with E-state index in [9.17, 15) is 0 Å². The molecule has 0 fully saturated rings. The van der Waals surface area contributed by atoms with Crippen LogP contribution >= 0.6 is 0 Å². The van der Waals surface area contributed by atoms with E-state index in [1.807, 2.05) is 13.8 Å². The minimum Gasteiger partial charge on any atom is -0.0839 e. The second kappa shape index (κ2) is 5.26. The first-order valence-corrected chi connectivity index (χ1v) is 5.73. The smallest absolute Gasteiger partial charge is 0.0277 e. The van der Waals surface area contributed by atoms with Crippen molar-refractivity contribution in [2.75, 3.05) is 0 Å². The first kappa shape index (κ1) is 10.6. The van der Waals surface area contributed by atoms with Crippen molar-refractivity contribution in [3.63, 3.8) is 0 Å². The Bertz CT molecular complexity index is 208. The van der Waals surface area contributed by atoms with Gasteiger partial charge in [0.15, 0.2) is 0 Å². The molecule has 2 aliphatic rings. The lowest BCUT2D eigenvalue weighted by Gasteiger charge is -2.25. The zero-order valence-electron chi connectivity index (χ0n) is 9.27. The van der Waals surface area contributed by atoms with Gasteiger partial charge in [-0.15, -0.1) is 0 Å². The molecule has 1 unspecified atom stereocenters. The van der Waals surface area contributed by atoms with Crippen LogP contribution in [0, 0.1) is 5.92 Å². The van der Waals surface area contributed by atoms with Crippen molar-refractivity contribution in [2.45, 2.75) is 52.9 Å². The molecule has 0 N–H and O–H groups in total. The molecule has 0 amide bonds. The van der Waals surface area contributed by atoms with Crippen LogP contribution in [-0.4, -0.2) is 0 Å². The van der Waals surface area contributed by atoms with E-state index in [0.717, 1.165) is 5.92 Å². The predicted octanol–water partition coefficient (Wildman–Crippen LogP) is 4.48. The normalized spacial score (nSPS) is 26.2. The summed E-state index contributed by atoms with van der Waals surface area (Å²) in [4.78, 5) is 0. The third-order valence-electron chi connectivity index (χ3n) is 2.89. The summed E-state index contributed by atoms with van der Waals surface area (Å²) < 4.78 is 0. The van der Waals surface area contributed by atoms with Gasteiger partial charge in [-0.2, -0.15) is 0 Å². The Balaban J connectivity index is 0.000000396. The molecule has 74 valence electrons. The molecule has 0 radical (unpaired) electrons. The summed E-state index contributed by atoms with van der Waals surface area (Å²) in [5, 5.41) is 0. The zero-order valence-corrected chi connectivity index (χ0v) is 9.27. The van der Waals surface area contributed by atoms with Gasteiger partial charge in [-0.25, -0.2) is 0 Å². The van der Waals surface area contributed by atoms with Gasteiger partial charge in [0.05, 0.1) is 0 Å². The van der Waals surface area contributed by atoms with Crippen LogP contribution in [-0.2, 0) is 0 Å². The molecular weight excluding hydrogens is 156 g/mol. The standard InChI is InChI=1S/C11H16.C2H6/c1-9-6-7-10-4-2-3-5-11(10)8-9;1-2/h2,4,9H,3,5-8H2,1H3;1-2H3. The van der Waals surface area contributed by atoms with Crippen molar-refractivity contribution in [1.29, 1.82) is 0 Å². The number of allylic oxidation sites excluding steroid dienone is 4. The van der Waals surface area contributed by atoms with Crippen LogP contribution in [0.15, 0.2) is 23.3 Å². The molecule has 2 aliphatic carbocycles. The summed E-state index contributed by atoms with van der Waals surface area (Å²) in [5.41, 5.74) is 3.42. The average molecular weight is 178 g/mol. The van der Waals surface area contributed by atoms with Gasteiger partial charge in [0.25, 0.3) is 0 Å². The Morgan fingerprint density at radius 3 is 2.77 bits per heavy atom. The van der Waals surface area contributed by atoms with Crippen LogP contribution in [0.2, 0.25) is 0 Å². The van der Waals surface area contributed by atoms with Gasteiger partial charge in [-0.3, -0.25) is 0 Å². The Kier molecular flexibility index (Phi) is 4.27. The van der Waals surface area contributed by atoms with Crippen LogP contribution in [0.3, 0.4) is 0 Å². The highest BCUT2D eigenvalue weighted by atomic mass is 14.2. The number of hydrogen-bond acceptors (Lipinski definition) is 0. The summed E-state index contributed by atoms with van der Waals surface area (Å²) in [6.07, 6.45) is 11.4. The fourth-order valence-corrected chi connectivity index (χ4v) is 2.18. The second-order valence-corrected chi connectivity index (χ2v) is 3.92. The SMILES string of the molecule is CC.CC1CCC2=C(CCC=C2)C1. The number of hydrogen-bond donors (Lipinski definition) is 0. The van der Waals surface area contributed by atoms with Gasteiger partial charge in [0.2, 0.25) is 0 Å². The average Bonchev–Trinajstić information content (AvgIpc) is 2.21. The van der Waals surface area contributed by atoms with Gasteiger partial charge in [0.1, 0.15) is 0 Å². The van der Waals surface area contributed by atoms with Gasteiger partial charge in [0, 0.05) is 0 Å². The Labute approximate surface area is 82.7 Å². The van der Waals surface area contributed by atoms with Crippen molar-refractivity contribution in [3.05, 3.63) is 23.3 Å². The van der Waals surface area contributed by atoms with Crippen molar-refractivity contribution in [2.24, 2.45) is 5.92 Å². The molecule has 0 aromatic rings. The zero-order chi connectivity index (χ0) is 9.68. The van der Waals surface area contributed by atoms with Gasteiger partial charge >= 0.3 is 0 Å². The van der Waals surface area contributed by atoms with E-state index in [1.54, 1.807) is 11.1 Å². The number of rotatable bonds is 0. The first-order valence-electron chi connectivity index (χ1n) is 5.73. The van der Waals surface area contributed by atoms with Crippen molar-refractivity contribution < 1.29 is 0 Å². The highest BCUT2D eigenvalue weighted by Crippen LogP contribution is 2.34. The van der Waals surface area contributed by atoms with Crippen LogP contribution in [0.25, 0.3) is 0 Å². The van der Waals surface area contributed by atoms with Crippen molar-refractivity contribution >= 4 is 0 Å². The van der Waals surface area contributed by atoms with Crippen LogP contribution in [0.1, 0.15) is 52.9 Å². The van der Waals surface area contributed by atoms with Crippen molar-refractivity contribution in [3.8, 4) is 0 Å². The summed E-state index contributed by atoms with van der Waals surface area (Å²) in [6, 6.07) is 0. The molecule has 0 saturated carbocycles. The lowest BCUT2D eigenvalue weighted by molar-refractivity contribution is 0.488. The maximum atomic E-state index is 2.38. The molecule has 0 spiro atoms. The van der Waals surface area contributed by atoms with Gasteiger partial charge in [-0.05, 0) is 43.6 Å². The molecule has 0 heteroatoms. The van der Waals surface area contributed by atoms with E-state index in [4.69, 9.17) is 0 Å². The predicted molar refractivity (Wildman–Crippen MR) is 59.8 cm³/mol. The van der Waals surface area contributed by atoms with E-state index in [-0.39, 0.29) is 0 Å². The summed E-state index contributed by atoms with van der Waals surface area (Å²) in [6.45, 7) is 6.38. The molecule has 1 atom stereocenters. The van der Waals surface area contributed by atoms with E-state index in [1.165, 1.54) is 32.1 Å². The molecule has 0 nitrogen and oxygen atoms in total. The highest BCUT2D eigenvalue weighted by molar-refractivity contribution is 5.31. The summed E-state index contributed by atoms with van der Waals surface area (Å²) >= 11 is 0.